The molecule has 3 heterocycles. The number of benzene rings is 3. The molecule has 0 radical (unpaired) electrons. The van der Waals surface area contributed by atoms with E-state index in [2.05, 4.69) is 31.7 Å². The van der Waals surface area contributed by atoms with Crippen LogP contribution in [0.2, 0.25) is 5.02 Å². The van der Waals surface area contributed by atoms with Gasteiger partial charge >= 0.3 is 0 Å². The van der Waals surface area contributed by atoms with E-state index in [-0.39, 0.29) is 17.4 Å². The highest BCUT2D eigenvalue weighted by atomic mass is 35.5. The van der Waals surface area contributed by atoms with Gasteiger partial charge in [-0.2, -0.15) is 0 Å². The van der Waals surface area contributed by atoms with Crippen LogP contribution < -0.4 is 5.32 Å². The van der Waals surface area contributed by atoms with E-state index in [1.165, 1.54) is 29.5 Å². The molecule has 11 heteroatoms. The fourth-order valence-corrected chi connectivity index (χ4v) is 6.49. The van der Waals surface area contributed by atoms with E-state index in [1.807, 2.05) is 36.4 Å². The summed E-state index contributed by atoms with van der Waals surface area (Å²) in [7, 11) is 0. The highest BCUT2D eigenvalue weighted by Gasteiger charge is 2.25. The van der Waals surface area contributed by atoms with Crippen molar-refractivity contribution in [3.8, 4) is 11.3 Å². The minimum Gasteiger partial charge on any atom is -0.451 e. The molecule has 1 atom stereocenters. The average Bonchev–Trinajstić information content (AvgIpc) is 3.67. The molecule has 1 amide bonds. The molecule has 1 N–H and O–H groups in total. The highest BCUT2D eigenvalue weighted by molar-refractivity contribution is 7.98. The largest absolute Gasteiger partial charge is 0.451 e. The number of carbonyl (C=O) groups is 1. The zero-order valence-electron chi connectivity index (χ0n) is 22.7. The molecule has 0 spiro atoms. The number of aromatic nitrogens is 5. The third kappa shape index (κ3) is 5.51. The smallest absolute Gasteiger partial charge is 0.291 e. The number of rotatable bonds is 7. The summed E-state index contributed by atoms with van der Waals surface area (Å²) in [5, 5.41) is 13.6. The van der Waals surface area contributed by atoms with Crippen LogP contribution in [0.4, 0.5) is 10.1 Å². The molecule has 0 fully saturated rings. The van der Waals surface area contributed by atoms with Crippen LogP contribution in [0, 0.1) is 5.82 Å². The summed E-state index contributed by atoms with van der Waals surface area (Å²) in [6.45, 7) is 0. The number of hydrogen-bond donors (Lipinski definition) is 1. The first kappa shape index (κ1) is 27.3. The molecule has 0 bridgehead atoms. The Bertz CT molecular complexity index is 1960. The van der Waals surface area contributed by atoms with Crippen molar-refractivity contribution < 1.29 is 13.6 Å². The van der Waals surface area contributed by atoms with Crippen molar-refractivity contribution in [2.45, 2.75) is 36.2 Å². The van der Waals surface area contributed by atoms with Gasteiger partial charge in [0, 0.05) is 45.4 Å². The van der Waals surface area contributed by atoms with Gasteiger partial charge in [0.2, 0.25) is 0 Å². The standard InChI is InChI=1S/C32H24ClFN6O2S/c33-20-10-9-19-5-3-7-28(23(19)15-20)40-17-27(38-39-40)24-16-21(11-12-26(24)34)37-31(41)30-25(18-43-32-35-13-4-14-36-32)22-6-1-2-8-29(22)42-30/h1-2,4,6,8-17,28H,3,5,7,18H2,(H,37,41)/t28-/m0/s1. The van der Waals surface area contributed by atoms with Crippen LogP contribution in [0.1, 0.15) is 46.1 Å². The number of fused-ring (bicyclic) bond motifs is 2. The SMILES string of the molecule is O=C(Nc1ccc(F)c(-c2cn([C@H]3CCCc4ccc(Cl)cc43)nn2)c1)c1oc2ccccc2c1CSc1ncccn1. The minimum absolute atomic E-state index is 0.0414. The summed E-state index contributed by atoms with van der Waals surface area (Å²) in [6.07, 6.45) is 7.95. The maximum Gasteiger partial charge on any atom is 0.291 e. The average molecular weight is 611 g/mol. The second kappa shape index (κ2) is 11.6. The van der Waals surface area contributed by atoms with Crippen molar-refractivity contribution >= 4 is 45.9 Å². The number of para-hydroxylation sites is 1. The van der Waals surface area contributed by atoms with Crippen molar-refractivity contribution in [1.29, 1.82) is 0 Å². The lowest BCUT2D eigenvalue weighted by Gasteiger charge is -2.25. The molecule has 8 nitrogen and oxygen atoms in total. The summed E-state index contributed by atoms with van der Waals surface area (Å²) >= 11 is 7.70. The monoisotopic (exact) mass is 610 g/mol. The third-order valence-corrected chi connectivity index (χ3v) is 8.65. The lowest BCUT2D eigenvalue weighted by atomic mass is 9.88. The molecule has 0 aliphatic heterocycles. The first-order valence-electron chi connectivity index (χ1n) is 13.7. The van der Waals surface area contributed by atoms with Crippen LogP contribution >= 0.6 is 23.4 Å². The van der Waals surface area contributed by atoms with Gasteiger partial charge in [0.15, 0.2) is 10.9 Å². The lowest BCUT2D eigenvalue weighted by Crippen LogP contribution is -2.17. The Morgan fingerprint density at radius 2 is 1.95 bits per heavy atom. The molecule has 7 rings (SSSR count). The first-order chi connectivity index (χ1) is 21.0. The highest BCUT2D eigenvalue weighted by Crippen LogP contribution is 2.36. The molecule has 6 aromatic rings. The summed E-state index contributed by atoms with van der Waals surface area (Å²) in [5.74, 6) is -0.313. The van der Waals surface area contributed by atoms with Gasteiger partial charge in [0.05, 0.1) is 12.2 Å². The molecular formula is C32H24ClFN6O2S. The Labute approximate surface area is 255 Å². The van der Waals surface area contributed by atoms with Gasteiger partial charge in [-0.1, -0.05) is 52.8 Å². The maximum absolute atomic E-state index is 15.1. The van der Waals surface area contributed by atoms with E-state index in [4.69, 9.17) is 16.0 Å². The van der Waals surface area contributed by atoms with Gasteiger partial charge in [-0.3, -0.25) is 4.79 Å². The van der Waals surface area contributed by atoms with E-state index >= 15 is 4.39 Å². The van der Waals surface area contributed by atoms with Crippen molar-refractivity contribution in [3.05, 3.63) is 119 Å². The second-order valence-electron chi connectivity index (χ2n) is 10.2. The Morgan fingerprint density at radius 1 is 1.09 bits per heavy atom. The number of nitrogens with zero attached hydrogens (tertiary/aromatic N) is 5. The van der Waals surface area contributed by atoms with E-state index in [9.17, 15) is 4.79 Å². The van der Waals surface area contributed by atoms with Gasteiger partial charge in [-0.15, -0.1) is 5.10 Å². The predicted molar refractivity (Wildman–Crippen MR) is 164 cm³/mol. The number of nitrogens with one attached hydrogen (secondary N) is 1. The van der Waals surface area contributed by atoms with Crippen LogP contribution in [-0.4, -0.2) is 30.9 Å². The molecule has 214 valence electrons. The van der Waals surface area contributed by atoms with Crippen molar-refractivity contribution in [2.75, 3.05) is 5.32 Å². The number of carbonyl (C=O) groups excluding carboxylic acids is 1. The Kier molecular flexibility index (Phi) is 7.38. The van der Waals surface area contributed by atoms with Crippen LogP contribution in [0.3, 0.4) is 0 Å². The summed E-state index contributed by atoms with van der Waals surface area (Å²) in [4.78, 5) is 22.0. The van der Waals surface area contributed by atoms with Crippen molar-refractivity contribution in [1.82, 2.24) is 25.0 Å². The lowest BCUT2D eigenvalue weighted by molar-refractivity contribution is 0.0998. The van der Waals surface area contributed by atoms with Gasteiger partial charge in [0.1, 0.15) is 17.1 Å². The van der Waals surface area contributed by atoms with Gasteiger partial charge < -0.3 is 9.73 Å². The van der Waals surface area contributed by atoms with Crippen LogP contribution in [0.25, 0.3) is 22.2 Å². The number of furan rings is 1. The molecule has 43 heavy (non-hydrogen) atoms. The summed E-state index contributed by atoms with van der Waals surface area (Å²) < 4.78 is 22.8. The fourth-order valence-electron chi connectivity index (χ4n) is 5.48. The van der Waals surface area contributed by atoms with Gasteiger partial charge in [0.25, 0.3) is 5.91 Å². The maximum atomic E-state index is 15.1. The number of amides is 1. The first-order valence-corrected chi connectivity index (χ1v) is 15.1. The molecule has 0 saturated carbocycles. The van der Waals surface area contributed by atoms with E-state index in [0.29, 0.717) is 32.9 Å². The summed E-state index contributed by atoms with van der Waals surface area (Å²) in [6, 6.07) is 19.5. The number of thioether (sulfide) groups is 1. The van der Waals surface area contributed by atoms with Crippen LogP contribution in [0.5, 0.6) is 0 Å². The third-order valence-electron chi connectivity index (χ3n) is 7.51. The second-order valence-corrected chi connectivity index (χ2v) is 11.6. The fraction of sp³-hybridized carbons (Fsp3) is 0.156. The van der Waals surface area contributed by atoms with E-state index in [1.54, 1.807) is 35.4 Å². The van der Waals surface area contributed by atoms with Gasteiger partial charge in [-0.05, 0) is 72.9 Å². The zero-order valence-corrected chi connectivity index (χ0v) is 24.3. The molecule has 3 aromatic heterocycles. The minimum atomic E-state index is -0.471. The zero-order chi connectivity index (χ0) is 29.3. The molecule has 0 unspecified atom stereocenters. The van der Waals surface area contributed by atoms with Crippen LogP contribution in [0.15, 0.2) is 94.9 Å². The number of anilines is 1. The molecule has 1 aliphatic carbocycles. The number of aryl methyl sites for hydroxylation is 1. The van der Waals surface area contributed by atoms with E-state index in [0.717, 1.165) is 35.8 Å². The number of halogens is 2. The molecular weight excluding hydrogens is 587 g/mol. The topological polar surface area (TPSA) is 98.7 Å². The van der Waals surface area contributed by atoms with Crippen molar-refractivity contribution in [3.63, 3.8) is 0 Å². The van der Waals surface area contributed by atoms with Crippen molar-refractivity contribution in [2.24, 2.45) is 0 Å². The molecule has 3 aromatic carbocycles. The Balaban J connectivity index is 1.15. The summed E-state index contributed by atoms with van der Waals surface area (Å²) in [5.41, 5.74) is 4.65. The predicted octanol–water partition coefficient (Wildman–Crippen LogP) is 7.74. The van der Waals surface area contributed by atoms with E-state index < -0.39 is 11.7 Å². The molecule has 1 aliphatic rings. The molecule has 0 saturated heterocycles. The normalized spacial score (nSPS) is 14.5. The Hall–Kier alpha value is -4.54. The van der Waals surface area contributed by atoms with Gasteiger partial charge in [-0.25, -0.2) is 19.0 Å². The quantitative estimate of drug-likeness (QED) is 0.146. The number of hydrogen-bond acceptors (Lipinski definition) is 7. The Morgan fingerprint density at radius 3 is 2.84 bits per heavy atom. The van der Waals surface area contributed by atoms with Crippen LogP contribution in [-0.2, 0) is 12.2 Å².